The Kier molecular flexibility index (Phi) is 4.42. The second-order valence-electron chi connectivity index (χ2n) is 6.50. The van der Waals surface area contributed by atoms with Gasteiger partial charge < -0.3 is 10.2 Å². The summed E-state index contributed by atoms with van der Waals surface area (Å²) >= 11 is 0. The third kappa shape index (κ3) is 2.98. The maximum absolute atomic E-state index is 14.0. The van der Waals surface area contributed by atoms with Crippen LogP contribution in [0.2, 0.25) is 0 Å². The lowest BCUT2D eigenvalue weighted by atomic mass is 10.1. The van der Waals surface area contributed by atoms with Crippen LogP contribution in [0.25, 0.3) is 0 Å². The van der Waals surface area contributed by atoms with E-state index < -0.39 is 26.6 Å². The molecular formula is C18H19F2N3O2S. The molecule has 2 aliphatic rings. The Morgan fingerprint density at radius 2 is 1.77 bits per heavy atom. The Morgan fingerprint density at radius 1 is 1.00 bits per heavy atom. The quantitative estimate of drug-likeness (QED) is 0.887. The van der Waals surface area contributed by atoms with Crippen molar-refractivity contribution in [2.75, 3.05) is 31.1 Å². The largest absolute Gasteiger partial charge is 0.369 e. The maximum atomic E-state index is 14.0. The highest BCUT2D eigenvalue weighted by molar-refractivity contribution is 7.89. The lowest BCUT2D eigenvalue weighted by Gasteiger charge is -2.31. The van der Waals surface area contributed by atoms with E-state index in [0.717, 1.165) is 61.2 Å². The zero-order chi connectivity index (χ0) is 18.3. The van der Waals surface area contributed by atoms with Crippen molar-refractivity contribution in [1.82, 2.24) is 9.62 Å². The van der Waals surface area contributed by atoms with Gasteiger partial charge in [0.25, 0.3) is 0 Å². The summed E-state index contributed by atoms with van der Waals surface area (Å²) in [5.41, 5.74) is 2.86. The molecule has 0 unspecified atom stereocenters. The molecule has 1 fully saturated rings. The number of benzene rings is 2. The molecule has 138 valence electrons. The van der Waals surface area contributed by atoms with Crippen LogP contribution in [0.1, 0.15) is 11.1 Å². The average Bonchev–Trinajstić information content (AvgIpc) is 3.09. The molecule has 0 atom stereocenters. The first-order valence-corrected chi connectivity index (χ1v) is 9.92. The first-order valence-electron chi connectivity index (χ1n) is 8.48. The smallest absolute Gasteiger partial charge is 0.246 e. The predicted molar refractivity (Wildman–Crippen MR) is 94.3 cm³/mol. The van der Waals surface area contributed by atoms with Crippen molar-refractivity contribution in [3.05, 3.63) is 59.2 Å². The fourth-order valence-corrected chi connectivity index (χ4v) is 5.02. The van der Waals surface area contributed by atoms with Gasteiger partial charge in [0.15, 0.2) is 0 Å². The molecule has 0 aromatic heterocycles. The fourth-order valence-electron chi connectivity index (χ4n) is 3.56. The standard InChI is InChI=1S/C18H19F2N3O2S/c19-14-4-5-16(20)18(10-14)26(24,25)23-11-13-2-1-3-17(15(13)12-23)22-8-6-21-7-9-22/h1-5,10,21H,6-9,11-12H2. The molecular weight excluding hydrogens is 360 g/mol. The van der Waals surface area contributed by atoms with Crippen molar-refractivity contribution in [2.24, 2.45) is 0 Å². The molecule has 2 aromatic carbocycles. The van der Waals surface area contributed by atoms with Gasteiger partial charge in [-0.2, -0.15) is 4.31 Å². The first kappa shape index (κ1) is 17.4. The van der Waals surface area contributed by atoms with Crippen LogP contribution in [0.3, 0.4) is 0 Å². The Labute approximate surface area is 151 Å². The Bertz CT molecular complexity index is 943. The van der Waals surface area contributed by atoms with Crippen LogP contribution in [0, 0.1) is 11.6 Å². The molecule has 1 N–H and O–H groups in total. The minimum Gasteiger partial charge on any atom is -0.369 e. The summed E-state index contributed by atoms with van der Waals surface area (Å²) in [6, 6.07) is 8.29. The molecule has 26 heavy (non-hydrogen) atoms. The Balaban J connectivity index is 1.67. The number of nitrogens with one attached hydrogen (secondary N) is 1. The summed E-state index contributed by atoms with van der Waals surface area (Å²) in [5, 5.41) is 3.29. The van der Waals surface area contributed by atoms with E-state index in [9.17, 15) is 17.2 Å². The van der Waals surface area contributed by atoms with Gasteiger partial charge in [0, 0.05) is 45.0 Å². The van der Waals surface area contributed by atoms with Gasteiger partial charge in [0.1, 0.15) is 16.5 Å². The van der Waals surface area contributed by atoms with Crippen molar-refractivity contribution in [1.29, 1.82) is 0 Å². The third-order valence-electron chi connectivity index (χ3n) is 4.90. The van der Waals surface area contributed by atoms with Crippen molar-refractivity contribution >= 4 is 15.7 Å². The minimum atomic E-state index is -4.12. The summed E-state index contributed by atoms with van der Waals surface area (Å²) in [4.78, 5) is 1.61. The molecule has 0 saturated carbocycles. The molecule has 0 aliphatic carbocycles. The van der Waals surface area contributed by atoms with E-state index in [0.29, 0.717) is 0 Å². The number of nitrogens with zero attached hydrogens (tertiary/aromatic N) is 2. The average molecular weight is 379 g/mol. The second kappa shape index (κ2) is 6.61. The number of sulfonamides is 1. The minimum absolute atomic E-state index is 0.160. The van der Waals surface area contributed by atoms with Gasteiger partial charge in [0.05, 0.1) is 0 Å². The number of halogens is 2. The van der Waals surface area contributed by atoms with Crippen molar-refractivity contribution in [2.45, 2.75) is 18.0 Å². The molecule has 2 heterocycles. The highest BCUT2D eigenvalue weighted by atomic mass is 32.2. The number of hydrogen-bond donors (Lipinski definition) is 1. The van der Waals surface area contributed by atoms with Crippen LogP contribution in [0.5, 0.6) is 0 Å². The third-order valence-corrected chi connectivity index (χ3v) is 6.70. The number of fused-ring (bicyclic) bond motifs is 1. The molecule has 8 heteroatoms. The summed E-state index contributed by atoms with van der Waals surface area (Å²) in [5.74, 6) is -1.71. The van der Waals surface area contributed by atoms with Crippen molar-refractivity contribution < 1.29 is 17.2 Å². The summed E-state index contributed by atoms with van der Waals surface area (Å²) < 4.78 is 54.4. The highest BCUT2D eigenvalue weighted by Crippen LogP contribution is 2.35. The van der Waals surface area contributed by atoms with Gasteiger partial charge in [-0.15, -0.1) is 0 Å². The molecule has 4 rings (SSSR count). The number of anilines is 1. The van der Waals surface area contributed by atoms with Crippen LogP contribution in [0.4, 0.5) is 14.5 Å². The SMILES string of the molecule is O=S(=O)(c1cc(F)ccc1F)N1Cc2cccc(N3CCNCC3)c2C1. The zero-order valence-corrected chi connectivity index (χ0v) is 14.9. The molecule has 2 aromatic rings. The molecule has 0 radical (unpaired) electrons. The number of hydrogen-bond acceptors (Lipinski definition) is 4. The van der Waals surface area contributed by atoms with Crippen LogP contribution >= 0.6 is 0 Å². The topological polar surface area (TPSA) is 52.7 Å². The van der Waals surface area contributed by atoms with E-state index in [1.165, 1.54) is 4.31 Å². The van der Waals surface area contributed by atoms with Gasteiger partial charge in [-0.3, -0.25) is 0 Å². The predicted octanol–water partition coefficient (Wildman–Crippen LogP) is 2.08. The zero-order valence-electron chi connectivity index (χ0n) is 14.1. The van der Waals surface area contributed by atoms with E-state index in [4.69, 9.17) is 0 Å². The summed E-state index contributed by atoms with van der Waals surface area (Å²) in [7, 11) is -4.12. The van der Waals surface area contributed by atoms with E-state index in [-0.39, 0.29) is 13.1 Å². The molecule has 5 nitrogen and oxygen atoms in total. The summed E-state index contributed by atoms with van der Waals surface area (Å²) in [6.07, 6.45) is 0. The Hall–Kier alpha value is -2.03. The lowest BCUT2D eigenvalue weighted by Crippen LogP contribution is -2.44. The second-order valence-corrected chi connectivity index (χ2v) is 8.41. The van der Waals surface area contributed by atoms with Gasteiger partial charge >= 0.3 is 0 Å². The van der Waals surface area contributed by atoms with Gasteiger partial charge in [-0.05, 0) is 35.4 Å². The molecule has 1 saturated heterocycles. The fraction of sp³-hybridized carbons (Fsp3) is 0.333. The van der Waals surface area contributed by atoms with Crippen molar-refractivity contribution in [3.8, 4) is 0 Å². The molecule has 0 bridgehead atoms. The van der Waals surface area contributed by atoms with E-state index in [2.05, 4.69) is 10.2 Å². The van der Waals surface area contributed by atoms with Gasteiger partial charge in [0.2, 0.25) is 10.0 Å². The Morgan fingerprint density at radius 3 is 2.54 bits per heavy atom. The number of piperazine rings is 1. The monoisotopic (exact) mass is 379 g/mol. The van der Waals surface area contributed by atoms with E-state index in [1.54, 1.807) is 0 Å². The van der Waals surface area contributed by atoms with Crippen molar-refractivity contribution in [3.63, 3.8) is 0 Å². The molecule has 2 aliphatic heterocycles. The summed E-state index contributed by atoms with van der Waals surface area (Å²) in [6.45, 7) is 3.77. The maximum Gasteiger partial charge on any atom is 0.246 e. The molecule has 0 amide bonds. The molecule has 0 spiro atoms. The highest BCUT2D eigenvalue weighted by Gasteiger charge is 2.34. The van der Waals surface area contributed by atoms with Crippen LogP contribution in [-0.4, -0.2) is 38.9 Å². The van der Waals surface area contributed by atoms with Crippen LogP contribution in [0.15, 0.2) is 41.3 Å². The van der Waals surface area contributed by atoms with E-state index >= 15 is 0 Å². The van der Waals surface area contributed by atoms with Crippen LogP contribution < -0.4 is 10.2 Å². The van der Waals surface area contributed by atoms with E-state index in [1.807, 2.05) is 18.2 Å². The van der Waals surface area contributed by atoms with Gasteiger partial charge in [-0.1, -0.05) is 12.1 Å². The normalized spacial score (nSPS) is 18.2. The van der Waals surface area contributed by atoms with Crippen LogP contribution in [-0.2, 0) is 23.1 Å². The van der Waals surface area contributed by atoms with Gasteiger partial charge in [-0.25, -0.2) is 17.2 Å². The number of rotatable bonds is 3. The first-order chi connectivity index (χ1) is 12.5. The lowest BCUT2D eigenvalue weighted by molar-refractivity contribution is 0.425.